The predicted molar refractivity (Wildman–Crippen MR) is 118 cm³/mol. The smallest absolute Gasteiger partial charge is 0.350 e. The van der Waals surface area contributed by atoms with Crippen molar-refractivity contribution >= 4 is 17.2 Å². The molecule has 0 atom stereocenters. The number of hydrogen-bond donors (Lipinski definition) is 0. The van der Waals surface area contributed by atoms with E-state index in [1.165, 1.54) is 32.5 Å². The Hall–Kier alpha value is -3.68. The van der Waals surface area contributed by atoms with Gasteiger partial charge < -0.3 is 9.80 Å². The highest BCUT2D eigenvalue weighted by Gasteiger charge is 2.22. The molecule has 0 N–H and O–H groups in total. The summed E-state index contributed by atoms with van der Waals surface area (Å²) in [6.07, 6.45) is 3.25. The molecule has 0 unspecified atom stereocenters. The van der Waals surface area contributed by atoms with Crippen molar-refractivity contribution in [1.82, 2.24) is 19.2 Å². The molecule has 1 fully saturated rings. The molecule has 2 aromatic carbocycles. The maximum atomic E-state index is 13.5. The molecule has 158 valence electrons. The second kappa shape index (κ2) is 7.86. The number of hydrogen-bond acceptors (Lipinski definition) is 5. The van der Waals surface area contributed by atoms with Crippen molar-refractivity contribution < 1.29 is 4.39 Å². The first-order valence-corrected chi connectivity index (χ1v) is 10.3. The normalized spacial score (nSPS) is 14.4. The molecule has 0 spiro atoms. The molecule has 0 saturated carbocycles. The van der Waals surface area contributed by atoms with Crippen LogP contribution in [0.3, 0.4) is 0 Å². The van der Waals surface area contributed by atoms with Gasteiger partial charge in [-0.2, -0.15) is 0 Å². The first kappa shape index (κ1) is 19.3. The third-order valence-electron chi connectivity index (χ3n) is 5.68. The molecule has 1 aliphatic rings. The minimum absolute atomic E-state index is 0.207. The summed E-state index contributed by atoms with van der Waals surface area (Å²) in [5.41, 5.74) is 3.41. The molecule has 5 rings (SSSR count). The van der Waals surface area contributed by atoms with Crippen LogP contribution in [0.4, 0.5) is 15.9 Å². The van der Waals surface area contributed by atoms with Gasteiger partial charge in [-0.1, -0.05) is 29.8 Å². The van der Waals surface area contributed by atoms with Gasteiger partial charge in [0.1, 0.15) is 5.82 Å². The number of aryl methyl sites for hydroxylation is 1. The lowest BCUT2D eigenvalue weighted by atomic mass is 10.2. The van der Waals surface area contributed by atoms with Gasteiger partial charge in [0.05, 0.1) is 6.54 Å². The molecule has 4 aromatic rings. The number of halogens is 1. The van der Waals surface area contributed by atoms with Gasteiger partial charge in [-0.05, 0) is 36.8 Å². The van der Waals surface area contributed by atoms with Crippen LogP contribution in [0, 0.1) is 12.7 Å². The summed E-state index contributed by atoms with van der Waals surface area (Å²) >= 11 is 0. The minimum Gasteiger partial charge on any atom is -0.368 e. The van der Waals surface area contributed by atoms with Crippen LogP contribution in [-0.2, 0) is 6.54 Å². The summed E-state index contributed by atoms with van der Waals surface area (Å²) in [5.74, 6) is 0.365. The summed E-state index contributed by atoms with van der Waals surface area (Å²) < 4.78 is 16.4. The zero-order valence-corrected chi connectivity index (χ0v) is 17.3. The van der Waals surface area contributed by atoms with E-state index in [1.807, 2.05) is 0 Å². The van der Waals surface area contributed by atoms with Gasteiger partial charge >= 0.3 is 5.69 Å². The van der Waals surface area contributed by atoms with Crippen molar-refractivity contribution in [2.24, 2.45) is 0 Å². The van der Waals surface area contributed by atoms with Gasteiger partial charge in [0.15, 0.2) is 5.82 Å². The monoisotopic (exact) mass is 418 g/mol. The highest BCUT2D eigenvalue weighted by Crippen LogP contribution is 2.21. The van der Waals surface area contributed by atoms with Crippen molar-refractivity contribution in [3.63, 3.8) is 0 Å². The Kier molecular flexibility index (Phi) is 4.89. The van der Waals surface area contributed by atoms with Crippen molar-refractivity contribution in [2.45, 2.75) is 13.5 Å². The van der Waals surface area contributed by atoms with E-state index in [4.69, 9.17) is 0 Å². The van der Waals surface area contributed by atoms with Gasteiger partial charge in [0.25, 0.3) is 0 Å². The number of piperazine rings is 1. The summed E-state index contributed by atoms with van der Waals surface area (Å²) in [6, 6.07) is 14.8. The second-order valence-corrected chi connectivity index (χ2v) is 7.82. The van der Waals surface area contributed by atoms with E-state index in [0.717, 1.165) is 26.2 Å². The molecule has 0 aliphatic carbocycles. The number of nitrogens with zero attached hydrogens (tertiary/aromatic N) is 6. The first-order valence-electron chi connectivity index (χ1n) is 10.3. The maximum absolute atomic E-state index is 13.5. The van der Waals surface area contributed by atoms with E-state index < -0.39 is 0 Å². The third-order valence-corrected chi connectivity index (χ3v) is 5.68. The van der Waals surface area contributed by atoms with Crippen LogP contribution in [0.15, 0.2) is 65.7 Å². The van der Waals surface area contributed by atoms with Crippen LogP contribution in [0.2, 0.25) is 0 Å². The fraction of sp³-hybridized carbons (Fsp3) is 0.261. The van der Waals surface area contributed by atoms with E-state index in [1.54, 1.807) is 24.5 Å². The SMILES string of the molecule is Cc1ccc(N2CCN(c3nccn4c(=O)n(Cc5cccc(F)c5)nc34)CC2)cc1. The molecule has 8 heteroatoms. The van der Waals surface area contributed by atoms with Crippen LogP contribution >= 0.6 is 0 Å². The maximum Gasteiger partial charge on any atom is 0.350 e. The molecule has 0 bridgehead atoms. The first-order chi connectivity index (χ1) is 15.1. The molecular weight excluding hydrogens is 395 g/mol. The molecule has 3 heterocycles. The fourth-order valence-corrected chi connectivity index (χ4v) is 4.00. The average molecular weight is 418 g/mol. The van der Waals surface area contributed by atoms with Gasteiger partial charge in [-0.25, -0.2) is 23.3 Å². The highest BCUT2D eigenvalue weighted by molar-refractivity contribution is 5.64. The van der Waals surface area contributed by atoms with Crippen molar-refractivity contribution in [3.8, 4) is 0 Å². The van der Waals surface area contributed by atoms with Crippen molar-refractivity contribution in [2.75, 3.05) is 36.0 Å². The van der Waals surface area contributed by atoms with Crippen molar-refractivity contribution in [3.05, 3.63) is 88.4 Å². The van der Waals surface area contributed by atoms with Crippen molar-refractivity contribution in [1.29, 1.82) is 0 Å². The largest absolute Gasteiger partial charge is 0.368 e. The quantitative estimate of drug-likeness (QED) is 0.510. The lowest BCUT2D eigenvalue weighted by Gasteiger charge is -2.36. The molecule has 0 radical (unpaired) electrons. The van der Waals surface area contributed by atoms with E-state index >= 15 is 0 Å². The minimum atomic E-state index is -0.330. The second-order valence-electron chi connectivity index (χ2n) is 7.82. The Morgan fingerprint density at radius 3 is 2.48 bits per heavy atom. The number of benzene rings is 2. The Bertz CT molecular complexity index is 1270. The molecule has 31 heavy (non-hydrogen) atoms. The summed E-state index contributed by atoms with van der Waals surface area (Å²) in [4.78, 5) is 21.9. The Labute approximate surface area is 179 Å². The lowest BCUT2D eigenvalue weighted by molar-refractivity contribution is 0.615. The number of aromatic nitrogens is 4. The topological polar surface area (TPSA) is 58.7 Å². The third kappa shape index (κ3) is 3.76. The van der Waals surface area contributed by atoms with Crippen LogP contribution in [0.1, 0.15) is 11.1 Å². The average Bonchev–Trinajstić information content (AvgIpc) is 3.10. The van der Waals surface area contributed by atoms with E-state index in [-0.39, 0.29) is 18.1 Å². The van der Waals surface area contributed by atoms with E-state index in [2.05, 4.69) is 51.1 Å². The number of anilines is 2. The Balaban J connectivity index is 1.39. The van der Waals surface area contributed by atoms with E-state index in [9.17, 15) is 9.18 Å². The summed E-state index contributed by atoms with van der Waals surface area (Å²) in [5, 5.41) is 4.53. The van der Waals surface area contributed by atoms with Crippen LogP contribution in [0.25, 0.3) is 5.65 Å². The van der Waals surface area contributed by atoms with Gasteiger partial charge in [-0.15, -0.1) is 5.10 Å². The van der Waals surface area contributed by atoms with Gasteiger partial charge in [0.2, 0.25) is 5.65 Å². The number of rotatable bonds is 4. The number of fused-ring (bicyclic) bond motifs is 1. The van der Waals surface area contributed by atoms with Gasteiger partial charge in [0, 0.05) is 44.3 Å². The van der Waals surface area contributed by atoms with Crippen LogP contribution < -0.4 is 15.5 Å². The molecule has 1 aliphatic heterocycles. The predicted octanol–water partition coefficient (Wildman–Crippen LogP) is 2.71. The molecule has 2 aromatic heterocycles. The Morgan fingerprint density at radius 2 is 1.74 bits per heavy atom. The fourth-order valence-electron chi connectivity index (χ4n) is 4.00. The zero-order valence-electron chi connectivity index (χ0n) is 17.3. The molecule has 1 saturated heterocycles. The molecular formula is C23H23FN6O. The summed E-state index contributed by atoms with van der Waals surface area (Å²) in [6.45, 7) is 5.58. The standard InChI is InChI=1S/C23H23FN6O/c1-17-5-7-20(8-6-17)27-11-13-28(14-12-27)21-22-26-30(23(31)29(22)10-9-25-21)16-18-3-2-4-19(24)15-18/h2-10,15H,11-14,16H2,1H3. The summed E-state index contributed by atoms with van der Waals surface area (Å²) in [7, 11) is 0. The lowest BCUT2D eigenvalue weighted by Crippen LogP contribution is -2.47. The van der Waals surface area contributed by atoms with Gasteiger partial charge in [-0.3, -0.25) is 0 Å². The van der Waals surface area contributed by atoms with Crippen LogP contribution in [0.5, 0.6) is 0 Å². The van der Waals surface area contributed by atoms with Crippen LogP contribution in [-0.4, -0.2) is 45.3 Å². The molecule has 7 nitrogen and oxygen atoms in total. The highest BCUT2D eigenvalue weighted by atomic mass is 19.1. The zero-order chi connectivity index (χ0) is 21.4. The Morgan fingerprint density at radius 1 is 1.00 bits per heavy atom. The van der Waals surface area contributed by atoms with E-state index in [0.29, 0.717) is 17.0 Å². The molecule has 0 amide bonds.